The van der Waals surface area contributed by atoms with Crippen molar-refractivity contribution in [3.05, 3.63) is 83.8 Å². The highest BCUT2D eigenvalue weighted by Gasteiger charge is 2.27. The quantitative estimate of drug-likeness (QED) is 0.420. The molecular formula is C28H27N3O4. The molecule has 0 radical (unpaired) electrons. The molecule has 0 atom stereocenters. The Morgan fingerprint density at radius 2 is 1.66 bits per heavy atom. The molecule has 0 unspecified atom stereocenters. The Balaban J connectivity index is 1.37. The van der Waals surface area contributed by atoms with E-state index in [9.17, 15) is 9.59 Å². The molecule has 0 spiro atoms. The molecule has 4 aromatic rings. The first kappa shape index (κ1) is 22.7. The Labute approximate surface area is 203 Å². The van der Waals surface area contributed by atoms with Crippen LogP contribution >= 0.6 is 0 Å². The number of aryl methyl sites for hydroxylation is 1. The van der Waals surface area contributed by atoms with Crippen LogP contribution in [0.2, 0.25) is 0 Å². The van der Waals surface area contributed by atoms with E-state index in [2.05, 4.69) is 19.1 Å². The highest BCUT2D eigenvalue weighted by molar-refractivity contribution is 6.00. The van der Waals surface area contributed by atoms with E-state index < -0.39 is 0 Å². The van der Waals surface area contributed by atoms with Gasteiger partial charge in [-0.25, -0.2) is 4.98 Å². The molecule has 7 nitrogen and oxygen atoms in total. The number of hydrogen-bond acceptors (Lipinski definition) is 5. The zero-order valence-electron chi connectivity index (χ0n) is 19.9. The van der Waals surface area contributed by atoms with Crippen molar-refractivity contribution < 1.29 is 18.7 Å². The molecule has 35 heavy (non-hydrogen) atoms. The number of carbonyl (C=O) groups excluding carboxylic acids is 2. The number of carbonyl (C=O) groups is 2. The molecule has 1 saturated heterocycles. The largest absolute Gasteiger partial charge is 0.493 e. The lowest BCUT2D eigenvalue weighted by Gasteiger charge is -2.34. The van der Waals surface area contributed by atoms with Gasteiger partial charge in [0.25, 0.3) is 11.8 Å². The smallest absolute Gasteiger partial charge is 0.289 e. The Morgan fingerprint density at radius 3 is 2.31 bits per heavy atom. The van der Waals surface area contributed by atoms with Gasteiger partial charge < -0.3 is 19.0 Å². The monoisotopic (exact) mass is 469 g/mol. The Bertz CT molecular complexity index is 1360. The average molecular weight is 470 g/mol. The van der Waals surface area contributed by atoms with Crippen molar-refractivity contribution in [3.8, 4) is 17.0 Å². The van der Waals surface area contributed by atoms with Gasteiger partial charge in [0.05, 0.1) is 24.1 Å². The fraction of sp³-hybridized carbons (Fsp3) is 0.250. The normalized spacial score (nSPS) is 13.8. The van der Waals surface area contributed by atoms with E-state index in [1.807, 2.05) is 43.3 Å². The summed E-state index contributed by atoms with van der Waals surface area (Å²) in [5.74, 6) is 0.809. The number of rotatable bonds is 5. The molecule has 1 fully saturated rings. The summed E-state index contributed by atoms with van der Waals surface area (Å²) in [5, 5.41) is 0.806. The summed E-state index contributed by atoms with van der Waals surface area (Å²) in [7, 11) is 0. The van der Waals surface area contributed by atoms with Crippen molar-refractivity contribution in [1.29, 1.82) is 0 Å². The Hall–Kier alpha value is -4.13. The van der Waals surface area contributed by atoms with Crippen LogP contribution in [0.1, 0.15) is 33.4 Å². The van der Waals surface area contributed by atoms with Gasteiger partial charge in [-0.05, 0) is 44.2 Å². The van der Waals surface area contributed by atoms with Gasteiger partial charge in [0.2, 0.25) is 0 Å². The zero-order valence-corrected chi connectivity index (χ0v) is 19.9. The predicted octanol–water partition coefficient (Wildman–Crippen LogP) is 4.80. The lowest BCUT2D eigenvalue weighted by atomic mass is 10.0. The second-order valence-electron chi connectivity index (χ2n) is 8.60. The molecule has 5 rings (SSSR count). The van der Waals surface area contributed by atoms with Gasteiger partial charge in [0.1, 0.15) is 5.75 Å². The molecule has 1 aliphatic heterocycles. The van der Waals surface area contributed by atoms with Crippen molar-refractivity contribution in [2.45, 2.75) is 13.8 Å². The van der Waals surface area contributed by atoms with Gasteiger partial charge in [-0.2, -0.15) is 0 Å². The number of nitrogens with zero attached hydrogens (tertiary/aromatic N) is 3. The van der Waals surface area contributed by atoms with Crippen LogP contribution < -0.4 is 4.74 Å². The van der Waals surface area contributed by atoms with Crippen molar-refractivity contribution in [1.82, 2.24) is 14.8 Å². The lowest BCUT2D eigenvalue weighted by Crippen LogP contribution is -2.50. The molecule has 3 heterocycles. The van der Waals surface area contributed by atoms with Crippen molar-refractivity contribution in [3.63, 3.8) is 0 Å². The van der Waals surface area contributed by atoms with Crippen LogP contribution in [0.4, 0.5) is 0 Å². The van der Waals surface area contributed by atoms with Crippen LogP contribution in [0.5, 0.6) is 5.75 Å². The van der Waals surface area contributed by atoms with E-state index in [1.165, 1.54) is 11.8 Å². The van der Waals surface area contributed by atoms with Gasteiger partial charge in [0.15, 0.2) is 5.76 Å². The first-order chi connectivity index (χ1) is 17.0. The number of hydrogen-bond donors (Lipinski definition) is 0. The van der Waals surface area contributed by atoms with Crippen LogP contribution in [0.25, 0.3) is 22.2 Å². The van der Waals surface area contributed by atoms with Gasteiger partial charge in [-0.3, -0.25) is 9.59 Å². The SMILES string of the molecule is CCOc1cc(-c2ccc(C)cc2)nc2ccc(C(=O)N3CCN(C(=O)c4ccco4)CC3)cc12. The molecule has 178 valence electrons. The zero-order chi connectivity index (χ0) is 24.4. The van der Waals surface area contributed by atoms with Crippen LogP contribution in [0.3, 0.4) is 0 Å². The molecule has 0 N–H and O–H groups in total. The summed E-state index contributed by atoms with van der Waals surface area (Å²) < 4.78 is 11.2. The van der Waals surface area contributed by atoms with Crippen molar-refractivity contribution in [2.24, 2.45) is 0 Å². The van der Waals surface area contributed by atoms with Crippen LogP contribution in [-0.4, -0.2) is 59.4 Å². The molecule has 1 aliphatic rings. The first-order valence-electron chi connectivity index (χ1n) is 11.8. The fourth-order valence-corrected chi connectivity index (χ4v) is 4.33. The number of fused-ring (bicyclic) bond motifs is 1. The Morgan fingerprint density at radius 1 is 0.943 bits per heavy atom. The van der Waals surface area contributed by atoms with Crippen LogP contribution in [0, 0.1) is 6.92 Å². The van der Waals surface area contributed by atoms with Gasteiger partial charge in [-0.1, -0.05) is 29.8 Å². The molecule has 2 amide bonds. The molecule has 2 aromatic carbocycles. The van der Waals surface area contributed by atoms with E-state index in [4.69, 9.17) is 14.1 Å². The topological polar surface area (TPSA) is 75.9 Å². The Kier molecular flexibility index (Phi) is 6.23. The van der Waals surface area contributed by atoms with Gasteiger partial charge >= 0.3 is 0 Å². The molecule has 7 heteroatoms. The highest BCUT2D eigenvalue weighted by Crippen LogP contribution is 2.31. The third kappa shape index (κ3) is 4.62. The maximum absolute atomic E-state index is 13.3. The van der Waals surface area contributed by atoms with E-state index in [1.54, 1.807) is 21.9 Å². The molecule has 0 bridgehead atoms. The van der Waals surface area contributed by atoms with Crippen molar-refractivity contribution >= 4 is 22.7 Å². The second-order valence-corrected chi connectivity index (χ2v) is 8.60. The minimum Gasteiger partial charge on any atom is -0.493 e. The van der Waals surface area contributed by atoms with Crippen LogP contribution in [-0.2, 0) is 0 Å². The average Bonchev–Trinajstić information content (AvgIpc) is 3.43. The summed E-state index contributed by atoms with van der Waals surface area (Å²) >= 11 is 0. The number of pyridine rings is 1. The second kappa shape index (κ2) is 9.62. The summed E-state index contributed by atoms with van der Waals surface area (Å²) in [4.78, 5) is 34.1. The third-order valence-corrected chi connectivity index (χ3v) is 6.25. The lowest BCUT2D eigenvalue weighted by molar-refractivity contribution is 0.0518. The predicted molar refractivity (Wildman–Crippen MR) is 134 cm³/mol. The van der Waals surface area contributed by atoms with E-state index in [-0.39, 0.29) is 11.8 Å². The molecular weight excluding hydrogens is 442 g/mol. The number of ether oxygens (including phenoxy) is 1. The van der Waals surface area contributed by atoms with Gasteiger partial charge in [-0.15, -0.1) is 0 Å². The van der Waals surface area contributed by atoms with Crippen LogP contribution in [0.15, 0.2) is 71.3 Å². The maximum atomic E-state index is 13.3. The molecule has 0 aliphatic carbocycles. The fourth-order valence-electron chi connectivity index (χ4n) is 4.33. The van der Waals surface area contributed by atoms with E-state index >= 15 is 0 Å². The number of furan rings is 1. The van der Waals surface area contributed by atoms with E-state index in [0.29, 0.717) is 49.9 Å². The standard InChI is InChI=1S/C28H27N3O4/c1-3-34-26-18-24(20-8-6-19(2)7-9-20)29-23-11-10-21(17-22(23)26)27(32)30-12-14-31(15-13-30)28(33)25-5-4-16-35-25/h4-11,16-18H,3,12-15H2,1-2H3. The third-order valence-electron chi connectivity index (χ3n) is 6.25. The van der Waals surface area contributed by atoms with Gasteiger partial charge in [0, 0.05) is 48.8 Å². The highest BCUT2D eigenvalue weighted by atomic mass is 16.5. The molecule has 0 saturated carbocycles. The number of amides is 2. The first-order valence-corrected chi connectivity index (χ1v) is 11.8. The van der Waals surface area contributed by atoms with Crippen molar-refractivity contribution in [2.75, 3.05) is 32.8 Å². The summed E-state index contributed by atoms with van der Waals surface area (Å²) in [5.41, 5.74) is 4.39. The van der Waals surface area contributed by atoms with E-state index in [0.717, 1.165) is 22.2 Å². The minimum atomic E-state index is -0.149. The number of benzene rings is 2. The maximum Gasteiger partial charge on any atom is 0.289 e. The summed E-state index contributed by atoms with van der Waals surface area (Å²) in [6, 6.07) is 19.0. The minimum absolute atomic E-state index is 0.0675. The number of aromatic nitrogens is 1. The molecule has 2 aromatic heterocycles. The summed E-state index contributed by atoms with van der Waals surface area (Å²) in [6.45, 7) is 6.36. The summed E-state index contributed by atoms with van der Waals surface area (Å²) in [6.07, 6.45) is 1.49. The number of piperazine rings is 1.